The predicted octanol–water partition coefficient (Wildman–Crippen LogP) is 5.17. The summed E-state index contributed by atoms with van der Waals surface area (Å²) < 4.78 is 38.4. The Hall–Kier alpha value is -8.45. The number of piperazine rings is 2. The number of benzene rings is 2. The summed E-state index contributed by atoms with van der Waals surface area (Å²) in [4.78, 5) is 25.3. The van der Waals surface area contributed by atoms with Crippen molar-refractivity contribution >= 4 is 56.6 Å². The molecule has 24 nitrogen and oxygen atoms in total. The maximum absolute atomic E-state index is 6.21. The number of nitrogen functional groups attached to an aromatic ring is 2. The normalized spacial score (nSPS) is 14.1. The number of aromatic nitrogens is 12. The van der Waals surface area contributed by atoms with Crippen LogP contribution in [0, 0.1) is 7.11 Å². The number of nitrogens with one attached hydrogen (secondary N) is 1. The number of nitrogens with two attached hydrogens (primary N) is 2. The number of nitrogens with zero attached hydrogens (tertiary/aromatic N) is 15. The van der Waals surface area contributed by atoms with Crippen LogP contribution in [0.1, 0.15) is 13.3 Å². The second-order valence-corrected chi connectivity index (χ2v) is 17.6. The van der Waals surface area contributed by atoms with Crippen molar-refractivity contribution in [3.05, 3.63) is 105 Å². The number of methoxy groups -OCH3 is 1. The van der Waals surface area contributed by atoms with E-state index >= 15 is 0 Å². The molecule has 8 aromatic heterocycles. The molecule has 10 aromatic rings. The lowest BCUT2D eigenvalue weighted by Gasteiger charge is -2.36. The predicted molar refractivity (Wildman–Crippen MR) is 283 cm³/mol. The van der Waals surface area contributed by atoms with Crippen LogP contribution < -0.4 is 36.1 Å². The van der Waals surface area contributed by atoms with E-state index in [0.29, 0.717) is 73.1 Å². The van der Waals surface area contributed by atoms with E-state index in [0.717, 1.165) is 99.8 Å². The van der Waals surface area contributed by atoms with Gasteiger partial charge in [-0.1, -0.05) is 6.92 Å². The lowest BCUT2D eigenvalue weighted by atomic mass is 10.2. The minimum atomic E-state index is 0.262. The number of hydrogen-bond donors (Lipinski definition) is 3. The molecule has 0 amide bonds. The number of rotatable bonds is 17. The Labute approximate surface area is 431 Å². The number of furan rings is 2. The molecule has 10 heterocycles. The first-order valence-corrected chi connectivity index (χ1v) is 24.9. The number of hydrogen-bond acceptors (Lipinski definition) is 20. The molecule has 12 rings (SSSR count). The van der Waals surface area contributed by atoms with Gasteiger partial charge in [0.05, 0.1) is 48.8 Å². The quantitative estimate of drug-likeness (QED) is 0.0785. The summed E-state index contributed by atoms with van der Waals surface area (Å²) >= 11 is 0. The van der Waals surface area contributed by atoms with Crippen LogP contribution >= 0.6 is 0 Å². The molecule has 390 valence electrons. The van der Waals surface area contributed by atoms with E-state index in [1.165, 1.54) is 20.4 Å². The van der Waals surface area contributed by atoms with Crippen LogP contribution in [0.2, 0.25) is 0 Å². The summed E-state index contributed by atoms with van der Waals surface area (Å²) in [5.74, 6) is 4.39. The summed E-state index contributed by atoms with van der Waals surface area (Å²) in [5.41, 5.74) is 17.3. The molecule has 0 bridgehead atoms. The second kappa shape index (κ2) is 23.6. The minimum Gasteiger partial charge on any atom is -0.491 e. The molecule has 24 heteroatoms. The van der Waals surface area contributed by atoms with Gasteiger partial charge in [0.15, 0.2) is 34.1 Å². The smallest absolute Gasteiger partial charge is 0.225 e. The van der Waals surface area contributed by atoms with E-state index in [1.807, 2.05) is 39.7 Å². The SMILES string of the molecule is CCCn1ncc2c1nc(N)n1nc(-c3ccco3)nc21.COCCOc1ccc(N2CCN(CCn3ncc4c3nc(N)n3nc(-c5ccco5)nc43)CC2)cc1.[CH2+]OCCOc1ccc(N2CCNCC2)cc1. The van der Waals surface area contributed by atoms with Gasteiger partial charge in [-0.25, -0.2) is 19.3 Å². The van der Waals surface area contributed by atoms with Gasteiger partial charge in [-0.2, -0.15) is 33.9 Å². The average Bonchev–Trinajstić information content (AvgIpc) is 4.32. The second-order valence-electron chi connectivity index (χ2n) is 17.6. The van der Waals surface area contributed by atoms with Crippen LogP contribution in [0.3, 0.4) is 0 Å². The molecule has 2 aliphatic heterocycles. The molecule has 5 N–H and O–H groups in total. The summed E-state index contributed by atoms with van der Waals surface area (Å²) in [6.07, 6.45) is 7.66. The van der Waals surface area contributed by atoms with Gasteiger partial charge in [-0.05, 0) is 79.2 Å². The Bertz CT molecular complexity index is 3360. The molecule has 2 aliphatic rings. The zero-order valence-electron chi connectivity index (χ0n) is 42.1. The lowest BCUT2D eigenvalue weighted by molar-refractivity contribution is 0.146. The van der Waals surface area contributed by atoms with Crippen LogP contribution in [0.5, 0.6) is 11.5 Å². The third kappa shape index (κ3) is 11.5. The van der Waals surface area contributed by atoms with E-state index in [4.69, 9.17) is 39.2 Å². The molecule has 0 spiro atoms. The van der Waals surface area contributed by atoms with Gasteiger partial charge in [0.2, 0.25) is 30.7 Å². The lowest BCUT2D eigenvalue weighted by Crippen LogP contribution is -2.47. The van der Waals surface area contributed by atoms with Gasteiger partial charge in [0, 0.05) is 83.9 Å². The molecule has 0 aliphatic carbocycles. The van der Waals surface area contributed by atoms with Crippen molar-refractivity contribution < 1.29 is 27.8 Å². The van der Waals surface area contributed by atoms with Crippen molar-refractivity contribution in [3.8, 4) is 34.7 Å². The topological polar surface area (TPSA) is 259 Å². The van der Waals surface area contributed by atoms with Crippen molar-refractivity contribution in [1.82, 2.24) is 68.9 Å². The fourth-order valence-corrected chi connectivity index (χ4v) is 8.83. The van der Waals surface area contributed by atoms with Gasteiger partial charge < -0.3 is 49.6 Å². The monoisotopic (exact) mass is 1020 g/mol. The first-order chi connectivity index (χ1) is 36.9. The van der Waals surface area contributed by atoms with E-state index in [2.05, 4.69) is 98.6 Å². The number of anilines is 4. The van der Waals surface area contributed by atoms with Crippen LogP contribution in [-0.4, -0.2) is 156 Å². The van der Waals surface area contributed by atoms with E-state index in [1.54, 1.807) is 50.2 Å². The average molecular weight is 1020 g/mol. The highest BCUT2D eigenvalue weighted by Gasteiger charge is 2.21. The van der Waals surface area contributed by atoms with Crippen molar-refractivity contribution in [1.29, 1.82) is 0 Å². The number of ether oxygens (including phenoxy) is 4. The molecule has 75 heavy (non-hydrogen) atoms. The van der Waals surface area contributed by atoms with Crippen molar-refractivity contribution in [2.24, 2.45) is 0 Å². The van der Waals surface area contributed by atoms with Gasteiger partial charge >= 0.3 is 0 Å². The number of aryl methyl sites for hydroxylation is 1. The molecule has 2 aromatic carbocycles. The van der Waals surface area contributed by atoms with Crippen molar-refractivity contribution in [3.63, 3.8) is 0 Å². The Morgan fingerprint density at radius 1 is 0.587 bits per heavy atom. The molecule has 0 radical (unpaired) electrons. The standard InChI is InChI=1S/C25H29N9O3.C13H13N7O.C13H19N2O2/c1-35-15-16-36-19-6-4-18(5-7-19)32-11-8-31(9-12-32)10-13-33-23-20(17-27-33)24-28-22(21-3-2-14-37-21)30-34(24)25(26)29-23;1-2-5-19-11-8(7-15-19)12-16-10(9-4-3-6-21-9)18-20(12)13(14)17-11;1-16-10-11-17-13-4-2-12(3-5-13)15-8-6-14-7-9-15/h2-7,14,17H,8-13,15-16H2,1H3,(H2,26,29);3-4,6-7H,2,5H2,1H3,(H2,14,17);2-5,14H,1,6-11H2/q;;+1. The summed E-state index contributed by atoms with van der Waals surface area (Å²) in [6, 6.07) is 23.7. The maximum atomic E-state index is 6.21. The van der Waals surface area contributed by atoms with E-state index < -0.39 is 0 Å². The molecular formula is C51H61N18O6+. The molecule has 0 saturated carbocycles. The number of fused-ring (bicyclic) bond motifs is 6. The Morgan fingerprint density at radius 3 is 1.57 bits per heavy atom. The fraction of sp³-hybridized carbons (Fsp3) is 0.353. The van der Waals surface area contributed by atoms with E-state index in [9.17, 15) is 0 Å². The van der Waals surface area contributed by atoms with Crippen molar-refractivity contribution in [2.75, 3.05) is 114 Å². The molecule has 0 atom stereocenters. The highest BCUT2D eigenvalue weighted by Crippen LogP contribution is 2.27. The highest BCUT2D eigenvalue weighted by molar-refractivity contribution is 5.91. The molecule has 2 fully saturated rings. The van der Waals surface area contributed by atoms with Gasteiger partial charge in [-0.15, -0.1) is 10.2 Å². The van der Waals surface area contributed by atoms with Gasteiger partial charge in [0.1, 0.15) is 31.3 Å². The summed E-state index contributed by atoms with van der Waals surface area (Å²) in [6.45, 7) is 14.7. The molecular weight excluding hydrogens is 961 g/mol. The summed E-state index contributed by atoms with van der Waals surface area (Å²) in [7, 11) is 4.97. The Kier molecular flexibility index (Phi) is 15.8. The fourth-order valence-electron chi connectivity index (χ4n) is 8.83. The Morgan fingerprint density at radius 2 is 1.09 bits per heavy atom. The molecule has 2 saturated heterocycles. The van der Waals surface area contributed by atoms with Crippen LogP contribution in [0.15, 0.2) is 107 Å². The summed E-state index contributed by atoms with van der Waals surface area (Å²) in [5, 5.41) is 22.7. The molecule has 0 unspecified atom stereocenters. The first kappa shape index (κ1) is 50.1. The minimum absolute atomic E-state index is 0.262. The largest absolute Gasteiger partial charge is 0.491 e. The first-order valence-electron chi connectivity index (χ1n) is 24.9. The van der Waals surface area contributed by atoms with E-state index in [-0.39, 0.29) is 11.9 Å². The zero-order chi connectivity index (χ0) is 51.5. The van der Waals surface area contributed by atoms with Gasteiger partial charge in [-0.3, -0.25) is 4.90 Å². The van der Waals surface area contributed by atoms with Crippen LogP contribution in [0.4, 0.5) is 23.3 Å². The Balaban J connectivity index is 0.000000142. The van der Waals surface area contributed by atoms with Gasteiger partial charge in [0.25, 0.3) is 0 Å². The van der Waals surface area contributed by atoms with Crippen LogP contribution in [0.25, 0.3) is 56.5 Å². The maximum Gasteiger partial charge on any atom is 0.225 e. The highest BCUT2D eigenvalue weighted by atomic mass is 16.5. The van der Waals surface area contributed by atoms with Crippen molar-refractivity contribution in [2.45, 2.75) is 26.4 Å². The third-order valence-corrected chi connectivity index (χ3v) is 12.7. The van der Waals surface area contributed by atoms with Crippen LogP contribution in [-0.2, 0) is 22.6 Å². The third-order valence-electron chi connectivity index (χ3n) is 12.7. The zero-order valence-corrected chi connectivity index (χ0v) is 42.1.